The van der Waals surface area contributed by atoms with Crippen molar-refractivity contribution in [3.63, 3.8) is 0 Å². The van der Waals surface area contributed by atoms with Crippen LogP contribution in [0.4, 0.5) is 13.2 Å². The molecule has 0 atom stereocenters. The minimum absolute atomic E-state index is 0.181. The fraction of sp³-hybridized carbons (Fsp3) is 0.214. The van der Waals surface area contributed by atoms with Gasteiger partial charge in [-0.3, -0.25) is 0 Å². The van der Waals surface area contributed by atoms with Crippen molar-refractivity contribution in [1.29, 1.82) is 0 Å². The molecule has 0 amide bonds. The van der Waals surface area contributed by atoms with E-state index < -0.39 is 17.7 Å². The smallest absolute Gasteiger partial charge is 0.416 e. The summed E-state index contributed by atoms with van der Waals surface area (Å²) in [6.45, 7) is 1.67. The summed E-state index contributed by atoms with van der Waals surface area (Å²) >= 11 is 1.28. The summed E-state index contributed by atoms with van der Waals surface area (Å²) in [7, 11) is 0. The topological polar surface area (TPSA) is 26.3 Å². The summed E-state index contributed by atoms with van der Waals surface area (Å²) < 4.78 is 42.6. The fourth-order valence-electron chi connectivity index (χ4n) is 1.60. The third-order valence-corrected chi connectivity index (χ3v) is 3.55. The Kier molecular flexibility index (Phi) is 4.13. The maximum atomic E-state index is 12.5. The third-order valence-electron chi connectivity index (χ3n) is 2.57. The molecule has 0 fully saturated rings. The van der Waals surface area contributed by atoms with E-state index >= 15 is 0 Å². The van der Waals surface area contributed by atoms with Crippen molar-refractivity contribution in [2.75, 3.05) is 0 Å². The molecule has 0 spiro atoms. The van der Waals surface area contributed by atoms with Gasteiger partial charge >= 0.3 is 12.1 Å². The zero-order chi connectivity index (χ0) is 14.8. The molecule has 0 bridgehead atoms. The minimum Gasteiger partial charge on any atom is -0.457 e. The van der Waals surface area contributed by atoms with Crippen molar-refractivity contribution >= 4 is 17.3 Å². The van der Waals surface area contributed by atoms with Crippen molar-refractivity contribution in [3.8, 4) is 0 Å². The predicted octanol–water partition coefficient (Wildman–Crippen LogP) is 4.43. The first-order valence-electron chi connectivity index (χ1n) is 5.76. The van der Waals surface area contributed by atoms with Gasteiger partial charge in [0.25, 0.3) is 0 Å². The summed E-state index contributed by atoms with van der Waals surface area (Å²) in [5.41, 5.74) is -0.445. The number of carbonyl (C=O) groups excluding carboxylic acids is 1. The van der Waals surface area contributed by atoms with Crippen LogP contribution in [0.25, 0.3) is 0 Å². The van der Waals surface area contributed by atoms with Crippen LogP contribution in [0.15, 0.2) is 36.4 Å². The van der Waals surface area contributed by atoms with Crippen molar-refractivity contribution < 1.29 is 22.7 Å². The molecule has 2 rings (SSSR count). The number of alkyl halides is 3. The van der Waals surface area contributed by atoms with E-state index in [0.717, 1.165) is 17.0 Å². The Labute approximate surface area is 117 Å². The zero-order valence-electron chi connectivity index (χ0n) is 10.5. The van der Waals surface area contributed by atoms with Gasteiger partial charge in [-0.05, 0) is 36.8 Å². The number of rotatable bonds is 3. The maximum absolute atomic E-state index is 12.5. The summed E-state index contributed by atoms with van der Waals surface area (Å²) in [5.74, 6) is -0.527. The molecule has 20 heavy (non-hydrogen) atoms. The second kappa shape index (κ2) is 5.66. The number of hydrogen-bond donors (Lipinski definition) is 0. The molecule has 0 radical (unpaired) electrons. The standard InChI is InChI=1S/C14H11F3O2S/c1-9-5-6-12(20-9)13(18)19-8-10-3-2-4-11(7-10)14(15,16)17/h2-7H,8H2,1H3. The number of aryl methyl sites for hydroxylation is 1. The van der Waals surface area contributed by atoms with Gasteiger partial charge in [-0.25, -0.2) is 4.79 Å². The van der Waals surface area contributed by atoms with Gasteiger partial charge in [0.05, 0.1) is 5.56 Å². The lowest BCUT2D eigenvalue weighted by Crippen LogP contribution is -2.07. The molecule has 2 nitrogen and oxygen atoms in total. The monoisotopic (exact) mass is 300 g/mol. The molecule has 0 unspecified atom stereocenters. The lowest BCUT2D eigenvalue weighted by Gasteiger charge is -2.09. The Morgan fingerprint density at radius 2 is 2.00 bits per heavy atom. The van der Waals surface area contributed by atoms with Crippen molar-refractivity contribution in [2.24, 2.45) is 0 Å². The van der Waals surface area contributed by atoms with Gasteiger partial charge in [-0.1, -0.05) is 12.1 Å². The quantitative estimate of drug-likeness (QED) is 0.784. The number of thiophene rings is 1. The highest BCUT2D eigenvalue weighted by atomic mass is 32.1. The average molecular weight is 300 g/mol. The molecule has 1 aromatic heterocycles. The van der Waals surface area contributed by atoms with Crippen LogP contribution >= 0.6 is 11.3 Å². The number of benzene rings is 1. The Bertz CT molecular complexity index is 617. The first-order valence-corrected chi connectivity index (χ1v) is 6.57. The van der Waals surface area contributed by atoms with Gasteiger partial charge in [0.2, 0.25) is 0 Å². The van der Waals surface area contributed by atoms with E-state index in [2.05, 4.69) is 0 Å². The SMILES string of the molecule is Cc1ccc(C(=O)OCc2cccc(C(F)(F)F)c2)s1. The summed E-state index contributed by atoms with van der Waals surface area (Å²) in [5, 5.41) is 0. The van der Waals surface area contributed by atoms with Crippen LogP contribution in [0.5, 0.6) is 0 Å². The van der Waals surface area contributed by atoms with E-state index in [1.807, 2.05) is 6.92 Å². The van der Waals surface area contributed by atoms with Crippen LogP contribution in [-0.2, 0) is 17.5 Å². The number of hydrogen-bond acceptors (Lipinski definition) is 3. The molecule has 0 aliphatic rings. The van der Waals surface area contributed by atoms with Crippen LogP contribution in [0.3, 0.4) is 0 Å². The maximum Gasteiger partial charge on any atom is 0.416 e. The molecule has 0 saturated carbocycles. The van der Waals surface area contributed by atoms with Crippen molar-refractivity contribution in [2.45, 2.75) is 19.7 Å². The highest BCUT2D eigenvalue weighted by Gasteiger charge is 2.30. The van der Waals surface area contributed by atoms with Crippen LogP contribution < -0.4 is 0 Å². The van der Waals surface area contributed by atoms with E-state index in [0.29, 0.717) is 10.4 Å². The number of esters is 1. The van der Waals surface area contributed by atoms with Crippen molar-refractivity contribution in [1.82, 2.24) is 0 Å². The summed E-state index contributed by atoms with van der Waals surface area (Å²) in [6.07, 6.45) is -4.40. The Morgan fingerprint density at radius 1 is 1.25 bits per heavy atom. The van der Waals surface area contributed by atoms with E-state index in [-0.39, 0.29) is 6.61 Å². The second-order valence-electron chi connectivity index (χ2n) is 4.18. The van der Waals surface area contributed by atoms with Gasteiger partial charge in [-0.2, -0.15) is 13.2 Å². The van der Waals surface area contributed by atoms with E-state index in [1.165, 1.54) is 23.5 Å². The molecule has 0 aliphatic carbocycles. The highest BCUT2D eigenvalue weighted by molar-refractivity contribution is 7.13. The van der Waals surface area contributed by atoms with Crippen LogP contribution in [0.2, 0.25) is 0 Å². The molecule has 0 aliphatic heterocycles. The van der Waals surface area contributed by atoms with Crippen LogP contribution in [0, 0.1) is 6.92 Å². The molecule has 0 saturated heterocycles. The average Bonchev–Trinajstić information content (AvgIpc) is 2.82. The normalized spacial score (nSPS) is 11.4. The van der Waals surface area contributed by atoms with Gasteiger partial charge in [-0.15, -0.1) is 11.3 Å². The number of halogens is 3. The molecule has 1 aromatic carbocycles. The highest BCUT2D eigenvalue weighted by Crippen LogP contribution is 2.29. The number of carbonyl (C=O) groups is 1. The van der Waals surface area contributed by atoms with E-state index in [1.54, 1.807) is 12.1 Å². The molecular formula is C14H11F3O2S. The molecule has 106 valence electrons. The van der Waals surface area contributed by atoms with Crippen LogP contribution in [-0.4, -0.2) is 5.97 Å². The second-order valence-corrected chi connectivity index (χ2v) is 5.47. The van der Waals surface area contributed by atoms with Crippen molar-refractivity contribution in [3.05, 3.63) is 57.3 Å². The lowest BCUT2D eigenvalue weighted by atomic mass is 10.1. The van der Waals surface area contributed by atoms with E-state index in [9.17, 15) is 18.0 Å². The molecule has 0 N–H and O–H groups in total. The van der Waals surface area contributed by atoms with Gasteiger partial charge in [0.1, 0.15) is 11.5 Å². The predicted molar refractivity (Wildman–Crippen MR) is 69.6 cm³/mol. The lowest BCUT2D eigenvalue weighted by molar-refractivity contribution is -0.137. The summed E-state index contributed by atoms with van der Waals surface area (Å²) in [6, 6.07) is 8.16. The zero-order valence-corrected chi connectivity index (χ0v) is 11.3. The molecular weight excluding hydrogens is 289 g/mol. The molecule has 6 heteroatoms. The summed E-state index contributed by atoms with van der Waals surface area (Å²) in [4.78, 5) is 13.1. The Balaban J connectivity index is 2.02. The van der Waals surface area contributed by atoms with Gasteiger partial charge in [0.15, 0.2) is 0 Å². The first kappa shape index (κ1) is 14.6. The Morgan fingerprint density at radius 3 is 2.60 bits per heavy atom. The van der Waals surface area contributed by atoms with Crippen LogP contribution in [0.1, 0.15) is 25.7 Å². The largest absolute Gasteiger partial charge is 0.457 e. The first-order chi connectivity index (χ1) is 9.36. The minimum atomic E-state index is -4.40. The van der Waals surface area contributed by atoms with Gasteiger partial charge in [0, 0.05) is 4.88 Å². The fourth-order valence-corrected chi connectivity index (χ4v) is 2.36. The molecule has 1 heterocycles. The third kappa shape index (κ3) is 3.60. The molecule has 2 aromatic rings. The van der Waals surface area contributed by atoms with Gasteiger partial charge < -0.3 is 4.74 Å². The van der Waals surface area contributed by atoms with E-state index in [4.69, 9.17) is 4.74 Å². The Hall–Kier alpha value is -1.82. The number of ether oxygens (including phenoxy) is 1.